The van der Waals surface area contributed by atoms with Crippen molar-refractivity contribution in [1.29, 1.82) is 0 Å². The van der Waals surface area contributed by atoms with E-state index in [4.69, 9.17) is 9.47 Å². The van der Waals surface area contributed by atoms with Gasteiger partial charge < -0.3 is 9.47 Å². The SMILES string of the molecule is CC(=O)OC1(C)CCCCC1.CCCCCCCCCOC(C)=O. The van der Waals surface area contributed by atoms with Crippen molar-refractivity contribution >= 4 is 11.9 Å². The second kappa shape index (κ2) is 14.3. The van der Waals surface area contributed by atoms with E-state index in [1.54, 1.807) is 0 Å². The highest BCUT2D eigenvalue weighted by atomic mass is 16.6. The van der Waals surface area contributed by atoms with E-state index in [-0.39, 0.29) is 17.5 Å². The first-order valence-corrected chi connectivity index (χ1v) is 9.72. The fourth-order valence-corrected chi connectivity index (χ4v) is 3.02. The number of carbonyl (C=O) groups excluding carboxylic acids is 2. The van der Waals surface area contributed by atoms with Gasteiger partial charge in [0.25, 0.3) is 0 Å². The molecule has 0 radical (unpaired) electrons. The van der Waals surface area contributed by atoms with Crippen molar-refractivity contribution in [1.82, 2.24) is 0 Å². The minimum Gasteiger partial charge on any atom is -0.466 e. The summed E-state index contributed by atoms with van der Waals surface area (Å²) in [5.41, 5.74) is -0.149. The van der Waals surface area contributed by atoms with Gasteiger partial charge in [0.05, 0.1) is 6.61 Å². The second-order valence-corrected chi connectivity index (χ2v) is 7.07. The van der Waals surface area contributed by atoms with Crippen molar-refractivity contribution in [3.8, 4) is 0 Å². The Bertz CT molecular complexity index is 333. The number of hydrogen-bond donors (Lipinski definition) is 0. The van der Waals surface area contributed by atoms with Gasteiger partial charge in [0, 0.05) is 13.8 Å². The summed E-state index contributed by atoms with van der Waals surface area (Å²) in [6, 6.07) is 0. The maximum Gasteiger partial charge on any atom is 0.303 e. The van der Waals surface area contributed by atoms with Crippen LogP contribution in [0.4, 0.5) is 0 Å². The molecule has 0 aliphatic heterocycles. The molecule has 0 amide bonds. The van der Waals surface area contributed by atoms with Crippen LogP contribution in [0.5, 0.6) is 0 Å². The number of hydrogen-bond acceptors (Lipinski definition) is 4. The smallest absolute Gasteiger partial charge is 0.303 e. The molecule has 1 saturated carbocycles. The lowest BCUT2D eigenvalue weighted by molar-refractivity contribution is -0.158. The lowest BCUT2D eigenvalue weighted by Gasteiger charge is -2.32. The van der Waals surface area contributed by atoms with Gasteiger partial charge in [-0.15, -0.1) is 0 Å². The zero-order valence-corrected chi connectivity index (χ0v) is 16.3. The van der Waals surface area contributed by atoms with Crippen LogP contribution in [0.25, 0.3) is 0 Å². The fourth-order valence-electron chi connectivity index (χ4n) is 3.02. The fraction of sp³-hybridized carbons (Fsp3) is 0.900. The summed E-state index contributed by atoms with van der Waals surface area (Å²) < 4.78 is 10.1. The minimum atomic E-state index is -0.161. The zero-order valence-electron chi connectivity index (χ0n) is 16.3. The monoisotopic (exact) mass is 342 g/mol. The van der Waals surface area contributed by atoms with E-state index in [0.29, 0.717) is 6.61 Å². The number of rotatable bonds is 9. The molecule has 0 heterocycles. The summed E-state index contributed by atoms with van der Waals surface area (Å²) in [4.78, 5) is 21.1. The summed E-state index contributed by atoms with van der Waals surface area (Å²) >= 11 is 0. The third-order valence-electron chi connectivity index (χ3n) is 4.35. The van der Waals surface area contributed by atoms with Crippen LogP contribution in [0, 0.1) is 0 Å². The molecule has 1 aliphatic rings. The van der Waals surface area contributed by atoms with E-state index in [0.717, 1.165) is 19.3 Å². The summed E-state index contributed by atoms with van der Waals surface area (Å²) in [6.45, 7) is 7.80. The number of unbranched alkanes of at least 4 members (excludes halogenated alkanes) is 6. The van der Waals surface area contributed by atoms with Gasteiger partial charge >= 0.3 is 11.9 Å². The molecule has 4 heteroatoms. The van der Waals surface area contributed by atoms with E-state index >= 15 is 0 Å². The van der Waals surface area contributed by atoms with E-state index in [2.05, 4.69) is 6.92 Å². The number of esters is 2. The Balaban J connectivity index is 0.000000446. The van der Waals surface area contributed by atoms with Crippen molar-refractivity contribution < 1.29 is 19.1 Å². The second-order valence-electron chi connectivity index (χ2n) is 7.07. The lowest BCUT2D eigenvalue weighted by Crippen LogP contribution is -2.32. The highest BCUT2D eigenvalue weighted by Crippen LogP contribution is 2.30. The molecule has 1 rings (SSSR count). The molecule has 1 fully saturated rings. The predicted octanol–water partition coefficient (Wildman–Crippen LogP) is 5.57. The Morgan fingerprint density at radius 3 is 1.88 bits per heavy atom. The standard InChI is InChI=1S/C11H22O2.C9H16O2/c1-3-4-5-6-7-8-9-10-13-11(2)12;1-8(10)11-9(2)6-4-3-5-7-9/h3-10H2,1-2H3;3-7H2,1-2H3. The molecule has 0 N–H and O–H groups in total. The van der Waals surface area contributed by atoms with Crippen LogP contribution >= 0.6 is 0 Å². The van der Waals surface area contributed by atoms with E-state index < -0.39 is 0 Å². The molecular weight excluding hydrogens is 304 g/mol. The maximum atomic E-state index is 10.7. The van der Waals surface area contributed by atoms with Gasteiger partial charge in [-0.25, -0.2) is 0 Å². The Morgan fingerprint density at radius 2 is 1.38 bits per heavy atom. The van der Waals surface area contributed by atoms with Crippen molar-refractivity contribution in [2.24, 2.45) is 0 Å². The molecule has 4 nitrogen and oxygen atoms in total. The van der Waals surface area contributed by atoms with E-state index in [9.17, 15) is 9.59 Å². The van der Waals surface area contributed by atoms with Gasteiger partial charge in [-0.2, -0.15) is 0 Å². The molecule has 0 aromatic carbocycles. The third-order valence-corrected chi connectivity index (χ3v) is 4.35. The van der Waals surface area contributed by atoms with Crippen molar-refractivity contribution in [3.05, 3.63) is 0 Å². The Labute approximate surface area is 148 Å². The molecule has 0 aromatic rings. The molecule has 0 bridgehead atoms. The first kappa shape index (κ1) is 22.9. The van der Waals surface area contributed by atoms with Crippen LogP contribution in [0.1, 0.15) is 105 Å². The molecule has 142 valence electrons. The van der Waals surface area contributed by atoms with Crippen LogP contribution < -0.4 is 0 Å². The first-order chi connectivity index (χ1) is 11.4. The Kier molecular flexibility index (Phi) is 13.7. The summed E-state index contributed by atoms with van der Waals surface area (Å²) in [5.74, 6) is -0.305. The molecular formula is C20H38O4. The zero-order chi connectivity index (χ0) is 18.3. The average molecular weight is 343 g/mol. The van der Waals surface area contributed by atoms with Crippen LogP contribution in [-0.4, -0.2) is 24.1 Å². The van der Waals surface area contributed by atoms with Gasteiger partial charge in [-0.3, -0.25) is 9.59 Å². The van der Waals surface area contributed by atoms with Gasteiger partial charge in [-0.05, 0) is 39.0 Å². The van der Waals surface area contributed by atoms with Crippen molar-refractivity contribution in [2.75, 3.05) is 6.61 Å². The highest BCUT2D eigenvalue weighted by Gasteiger charge is 2.29. The molecule has 1 aliphatic carbocycles. The average Bonchev–Trinajstić information content (AvgIpc) is 2.50. The van der Waals surface area contributed by atoms with Crippen LogP contribution in [0.2, 0.25) is 0 Å². The topological polar surface area (TPSA) is 52.6 Å². The van der Waals surface area contributed by atoms with Gasteiger partial charge in [0.15, 0.2) is 0 Å². The maximum absolute atomic E-state index is 10.7. The summed E-state index contributed by atoms with van der Waals surface area (Å²) in [5, 5.41) is 0. The van der Waals surface area contributed by atoms with Crippen molar-refractivity contribution in [2.45, 2.75) is 110 Å². The molecule has 0 spiro atoms. The molecule has 0 saturated heterocycles. The predicted molar refractivity (Wildman–Crippen MR) is 97.9 cm³/mol. The van der Waals surface area contributed by atoms with E-state index in [1.807, 2.05) is 6.92 Å². The largest absolute Gasteiger partial charge is 0.466 e. The van der Waals surface area contributed by atoms with E-state index in [1.165, 1.54) is 71.6 Å². The molecule has 0 atom stereocenters. The third kappa shape index (κ3) is 14.5. The van der Waals surface area contributed by atoms with Crippen LogP contribution in [-0.2, 0) is 19.1 Å². The Morgan fingerprint density at radius 1 is 0.833 bits per heavy atom. The highest BCUT2D eigenvalue weighted by molar-refractivity contribution is 5.66. The molecule has 0 unspecified atom stereocenters. The Hall–Kier alpha value is -1.06. The number of carbonyl (C=O) groups is 2. The molecule has 24 heavy (non-hydrogen) atoms. The van der Waals surface area contributed by atoms with Crippen LogP contribution in [0.15, 0.2) is 0 Å². The van der Waals surface area contributed by atoms with Crippen molar-refractivity contribution in [3.63, 3.8) is 0 Å². The van der Waals surface area contributed by atoms with Gasteiger partial charge in [0.2, 0.25) is 0 Å². The van der Waals surface area contributed by atoms with Gasteiger partial charge in [0.1, 0.15) is 5.60 Å². The molecule has 0 aromatic heterocycles. The van der Waals surface area contributed by atoms with Gasteiger partial charge in [-0.1, -0.05) is 51.9 Å². The first-order valence-electron chi connectivity index (χ1n) is 9.72. The number of ether oxygens (including phenoxy) is 2. The summed E-state index contributed by atoms with van der Waals surface area (Å²) in [7, 11) is 0. The normalized spacial score (nSPS) is 15.8. The minimum absolute atomic E-state index is 0.144. The lowest BCUT2D eigenvalue weighted by atomic mass is 9.86. The quantitative estimate of drug-likeness (QED) is 0.406. The summed E-state index contributed by atoms with van der Waals surface area (Å²) in [6.07, 6.45) is 14.6. The van der Waals surface area contributed by atoms with Crippen LogP contribution in [0.3, 0.4) is 0 Å².